The van der Waals surface area contributed by atoms with Gasteiger partial charge in [0.1, 0.15) is 11.4 Å². The molecule has 3 nitrogen and oxygen atoms in total. The van der Waals surface area contributed by atoms with Gasteiger partial charge in [0, 0.05) is 32.0 Å². The highest BCUT2D eigenvalue weighted by Gasteiger charge is 2.42. The number of carbonyl (C=O) groups excluding carboxylic acids is 1. The van der Waals surface area contributed by atoms with Crippen molar-refractivity contribution in [1.82, 2.24) is 4.90 Å². The maximum Gasteiger partial charge on any atom is 0.170 e. The summed E-state index contributed by atoms with van der Waals surface area (Å²) < 4.78 is 6.21. The molecule has 0 saturated carbocycles. The Labute approximate surface area is 114 Å². The third-order valence-corrected chi connectivity index (χ3v) is 4.44. The minimum absolute atomic E-state index is 0.236. The Balaban J connectivity index is 1.80. The Kier molecular flexibility index (Phi) is 3.09. The van der Waals surface area contributed by atoms with Crippen molar-refractivity contribution in [2.24, 2.45) is 0 Å². The molecule has 1 saturated heterocycles. The van der Waals surface area contributed by atoms with Crippen molar-refractivity contribution in [3.05, 3.63) is 29.8 Å². The highest BCUT2D eigenvalue weighted by molar-refractivity contribution is 6.00. The number of benzene rings is 1. The summed E-state index contributed by atoms with van der Waals surface area (Å²) in [5.74, 6) is 1.01. The second-order valence-corrected chi connectivity index (χ2v) is 6.01. The largest absolute Gasteiger partial charge is 0.486 e. The topological polar surface area (TPSA) is 29.5 Å². The normalized spacial score (nSPS) is 22.4. The number of nitrogens with zero attached hydrogens (tertiary/aromatic N) is 1. The van der Waals surface area contributed by atoms with Crippen LogP contribution in [0.3, 0.4) is 0 Å². The SMILES string of the molecule is CC(C)N1CCC2(CC1)CC(=O)c1ccccc1O2. The first-order chi connectivity index (χ1) is 9.10. The first-order valence-corrected chi connectivity index (χ1v) is 7.15. The van der Waals surface area contributed by atoms with Gasteiger partial charge in [0.15, 0.2) is 5.78 Å². The minimum Gasteiger partial charge on any atom is -0.486 e. The number of para-hydroxylation sites is 1. The monoisotopic (exact) mass is 259 g/mol. The van der Waals surface area contributed by atoms with Gasteiger partial charge in [-0.15, -0.1) is 0 Å². The summed E-state index contributed by atoms with van der Waals surface area (Å²) in [4.78, 5) is 14.7. The summed E-state index contributed by atoms with van der Waals surface area (Å²) in [6.07, 6.45) is 2.44. The molecule has 1 aromatic carbocycles. The molecular weight excluding hydrogens is 238 g/mol. The number of carbonyl (C=O) groups is 1. The van der Waals surface area contributed by atoms with Gasteiger partial charge < -0.3 is 9.64 Å². The number of fused-ring (bicyclic) bond motifs is 1. The minimum atomic E-state index is -0.253. The highest BCUT2D eigenvalue weighted by Crippen LogP contribution is 2.39. The van der Waals surface area contributed by atoms with Gasteiger partial charge in [-0.2, -0.15) is 0 Å². The Bertz CT molecular complexity index is 487. The number of hydrogen-bond donors (Lipinski definition) is 0. The Hall–Kier alpha value is -1.35. The lowest BCUT2D eigenvalue weighted by molar-refractivity contribution is -0.0153. The fraction of sp³-hybridized carbons (Fsp3) is 0.562. The van der Waals surface area contributed by atoms with Crippen LogP contribution in [0, 0.1) is 0 Å². The van der Waals surface area contributed by atoms with E-state index in [-0.39, 0.29) is 11.4 Å². The van der Waals surface area contributed by atoms with E-state index < -0.39 is 0 Å². The number of ether oxygens (including phenoxy) is 1. The summed E-state index contributed by atoms with van der Waals surface area (Å²) in [5, 5.41) is 0. The van der Waals surface area contributed by atoms with Crippen LogP contribution in [0.2, 0.25) is 0 Å². The second-order valence-electron chi connectivity index (χ2n) is 6.01. The van der Waals surface area contributed by atoms with Crippen LogP contribution in [0.15, 0.2) is 24.3 Å². The molecule has 1 spiro atoms. The third-order valence-electron chi connectivity index (χ3n) is 4.44. The fourth-order valence-electron chi connectivity index (χ4n) is 3.17. The predicted molar refractivity (Wildman–Crippen MR) is 74.7 cm³/mol. The zero-order valence-electron chi connectivity index (χ0n) is 11.7. The van der Waals surface area contributed by atoms with E-state index in [1.54, 1.807) is 0 Å². The number of ketones is 1. The molecule has 2 aliphatic rings. The molecule has 0 amide bonds. The maximum absolute atomic E-state index is 12.3. The predicted octanol–water partition coefficient (Wildman–Crippen LogP) is 2.89. The van der Waals surface area contributed by atoms with Gasteiger partial charge in [-0.25, -0.2) is 0 Å². The van der Waals surface area contributed by atoms with Crippen LogP contribution in [0.25, 0.3) is 0 Å². The van der Waals surface area contributed by atoms with Gasteiger partial charge >= 0.3 is 0 Å². The molecule has 2 aliphatic heterocycles. The van der Waals surface area contributed by atoms with Crippen molar-refractivity contribution in [3.63, 3.8) is 0 Å². The molecule has 3 rings (SSSR count). The zero-order chi connectivity index (χ0) is 13.5. The average molecular weight is 259 g/mol. The van der Waals surface area contributed by atoms with Crippen molar-refractivity contribution in [2.45, 2.75) is 44.8 Å². The molecule has 0 aromatic heterocycles. The average Bonchev–Trinajstić information content (AvgIpc) is 2.39. The van der Waals surface area contributed by atoms with Crippen molar-refractivity contribution in [1.29, 1.82) is 0 Å². The molecule has 0 N–H and O–H groups in total. The Morgan fingerprint density at radius 1 is 1.21 bits per heavy atom. The van der Waals surface area contributed by atoms with Crippen LogP contribution < -0.4 is 4.74 Å². The summed E-state index contributed by atoms with van der Waals surface area (Å²) in [5.41, 5.74) is 0.496. The number of hydrogen-bond acceptors (Lipinski definition) is 3. The van der Waals surface area contributed by atoms with Crippen molar-refractivity contribution >= 4 is 5.78 Å². The number of Topliss-reactive ketones (excluding diaryl/α,β-unsaturated/α-hetero) is 1. The van der Waals surface area contributed by atoms with E-state index in [9.17, 15) is 4.79 Å². The van der Waals surface area contributed by atoms with E-state index in [2.05, 4.69) is 18.7 Å². The fourth-order valence-corrected chi connectivity index (χ4v) is 3.17. The van der Waals surface area contributed by atoms with E-state index >= 15 is 0 Å². The standard InChI is InChI=1S/C16H21NO2/c1-12(2)17-9-7-16(8-10-17)11-14(18)13-5-3-4-6-15(13)19-16/h3-6,12H,7-11H2,1-2H3. The van der Waals surface area contributed by atoms with Gasteiger partial charge in [0.2, 0.25) is 0 Å². The lowest BCUT2D eigenvalue weighted by Crippen LogP contribution is -2.52. The van der Waals surface area contributed by atoms with Gasteiger partial charge in [0.05, 0.1) is 12.0 Å². The molecule has 19 heavy (non-hydrogen) atoms. The van der Waals surface area contributed by atoms with Crippen molar-refractivity contribution in [3.8, 4) is 5.75 Å². The van der Waals surface area contributed by atoms with E-state index in [0.717, 1.165) is 37.2 Å². The van der Waals surface area contributed by atoms with Crippen LogP contribution in [-0.4, -0.2) is 35.4 Å². The van der Waals surface area contributed by atoms with Crippen LogP contribution >= 0.6 is 0 Å². The lowest BCUT2D eigenvalue weighted by atomic mass is 9.82. The molecule has 1 fully saturated rings. The smallest absolute Gasteiger partial charge is 0.170 e. The summed E-state index contributed by atoms with van der Waals surface area (Å²) in [7, 11) is 0. The molecule has 3 heteroatoms. The summed E-state index contributed by atoms with van der Waals surface area (Å²) in [6.45, 7) is 6.49. The molecule has 0 atom stereocenters. The van der Waals surface area contributed by atoms with Crippen LogP contribution in [0.5, 0.6) is 5.75 Å². The van der Waals surface area contributed by atoms with Crippen molar-refractivity contribution in [2.75, 3.05) is 13.1 Å². The molecule has 0 radical (unpaired) electrons. The van der Waals surface area contributed by atoms with E-state index in [0.29, 0.717) is 12.5 Å². The first-order valence-electron chi connectivity index (χ1n) is 7.15. The number of piperidine rings is 1. The van der Waals surface area contributed by atoms with Crippen molar-refractivity contribution < 1.29 is 9.53 Å². The first kappa shape index (κ1) is 12.7. The summed E-state index contributed by atoms with van der Waals surface area (Å²) in [6, 6.07) is 8.20. The van der Waals surface area contributed by atoms with Crippen LogP contribution in [0.1, 0.15) is 43.5 Å². The highest BCUT2D eigenvalue weighted by atomic mass is 16.5. The number of rotatable bonds is 1. The second kappa shape index (κ2) is 4.64. The molecule has 2 heterocycles. The zero-order valence-corrected chi connectivity index (χ0v) is 11.7. The lowest BCUT2D eigenvalue weighted by Gasteiger charge is -2.45. The molecule has 1 aromatic rings. The van der Waals surface area contributed by atoms with Gasteiger partial charge in [0.25, 0.3) is 0 Å². The molecule has 0 unspecified atom stereocenters. The van der Waals surface area contributed by atoms with Crippen LogP contribution in [-0.2, 0) is 0 Å². The van der Waals surface area contributed by atoms with E-state index in [4.69, 9.17) is 4.74 Å². The maximum atomic E-state index is 12.3. The van der Waals surface area contributed by atoms with Gasteiger partial charge in [-0.05, 0) is 26.0 Å². The van der Waals surface area contributed by atoms with E-state index in [1.807, 2.05) is 24.3 Å². The third kappa shape index (κ3) is 2.27. The molecule has 0 bridgehead atoms. The molecular formula is C16H21NO2. The Morgan fingerprint density at radius 2 is 1.89 bits per heavy atom. The van der Waals surface area contributed by atoms with Crippen LogP contribution in [0.4, 0.5) is 0 Å². The molecule has 0 aliphatic carbocycles. The van der Waals surface area contributed by atoms with Gasteiger partial charge in [-0.1, -0.05) is 12.1 Å². The van der Waals surface area contributed by atoms with E-state index in [1.165, 1.54) is 0 Å². The molecule has 102 valence electrons. The van der Waals surface area contributed by atoms with Gasteiger partial charge in [-0.3, -0.25) is 4.79 Å². The number of likely N-dealkylation sites (tertiary alicyclic amines) is 1. The Morgan fingerprint density at radius 3 is 2.58 bits per heavy atom. The quantitative estimate of drug-likeness (QED) is 0.776. The summed E-state index contributed by atoms with van der Waals surface area (Å²) >= 11 is 0.